The molecule has 3 atom stereocenters. The number of aromatic nitrogens is 2. The minimum atomic E-state index is -2.84. The van der Waals surface area contributed by atoms with Crippen LogP contribution in [0.4, 0.5) is 18.9 Å². The van der Waals surface area contributed by atoms with Crippen LogP contribution >= 0.6 is 11.6 Å². The third-order valence-corrected chi connectivity index (χ3v) is 10.4. The quantitative estimate of drug-likeness (QED) is 0.156. The summed E-state index contributed by atoms with van der Waals surface area (Å²) < 4.78 is 49.7. The van der Waals surface area contributed by atoms with Crippen LogP contribution < -0.4 is 10.1 Å². The highest BCUT2D eigenvalue weighted by Crippen LogP contribution is 2.46. The summed E-state index contributed by atoms with van der Waals surface area (Å²) in [5, 5.41) is 3.46. The predicted molar refractivity (Wildman–Crippen MR) is 216 cm³/mol. The Bertz CT molecular complexity index is 1770. The Morgan fingerprint density at radius 1 is 1.06 bits per heavy atom. The number of halogens is 4. The topological polar surface area (TPSA) is 76.5 Å². The molecule has 294 valence electrons. The van der Waals surface area contributed by atoms with E-state index >= 15 is 4.39 Å². The lowest BCUT2D eigenvalue weighted by molar-refractivity contribution is -0.107. The molecule has 2 aromatic heterocycles. The Morgan fingerprint density at radius 3 is 2.39 bits per heavy atom. The number of allylic oxidation sites excluding steroid dienone is 1. The number of nitrogens with one attached hydrogen (secondary N) is 1. The lowest BCUT2D eigenvalue weighted by Crippen LogP contribution is -2.28. The number of carbonyl (C=O) groups is 1. The average molecular weight is 767 g/mol. The first-order valence-electron chi connectivity index (χ1n) is 19.9. The van der Waals surface area contributed by atoms with Crippen LogP contribution in [0, 0.1) is 12.8 Å². The maximum absolute atomic E-state index is 16.2. The van der Waals surface area contributed by atoms with Crippen LogP contribution in [-0.4, -0.2) is 41.3 Å². The number of aliphatic imine (C=N–C) groups is 1. The number of nitrogens with zero attached hydrogens (tertiary/aromatic N) is 3. The Kier molecular flexibility index (Phi) is 16.6. The lowest BCUT2D eigenvalue weighted by Gasteiger charge is -2.25. The van der Waals surface area contributed by atoms with Crippen LogP contribution in [-0.2, 0) is 11.2 Å². The van der Waals surface area contributed by atoms with Gasteiger partial charge < -0.3 is 14.8 Å². The molecule has 1 N–H and O–H groups in total. The second-order valence-corrected chi connectivity index (χ2v) is 14.9. The van der Waals surface area contributed by atoms with Gasteiger partial charge in [0.15, 0.2) is 0 Å². The molecule has 6 nitrogen and oxygen atoms in total. The zero-order valence-electron chi connectivity index (χ0n) is 33.1. The van der Waals surface area contributed by atoms with E-state index in [1.54, 1.807) is 6.07 Å². The molecule has 0 amide bonds. The first-order valence-corrected chi connectivity index (χ1v) is 20.2. The van der Waals surface area contributed by atoms with E-state index in [1.165, 1.54) is 43.2 Å². The van der Waals surface area contributed by atoms with E-state index in [1.807, 2.05) is 26.8 Å². The maximum Gasteiger partial charge on any atom is 0.281 e. The molecule has 0 bridgehead atoms. The second-order valence-electron chi connectivity index (χ2n) is 14.5. The molecule has 0 spiro atoms. The van der Waals surface area contributed by atoms with Gasteiger partial charge in [-0.05, 0) is 79.5 Å². The summed E-state index contributed by atoms with van der Waals surface area (Å²) in [5.74, 6) is 0.566. The van der Waals surface area contributed by atoms with E-state index in [9.17, 15) is 13.6 Å². The smallest absolute Gasteiger partial charge is 0.281 e. The van der Waals surface area contributed by atoms with Crippen molar-refractivity contribution in [3.8, 4) is 17.0 Å². The monoisotopic (exact) mass is 766 g/mol. The van der Waals surface area contributed by atoms with Crippen molar-refractivity contribution in [2.45, 2.75) is 137 Å². The highest BCUT2D eigenvalue weighted by Gasteiger charge is 2.34. The van der Waals surface area contributed by atoms with Crippen LogP contribution in [0.2, 0.25) is 5.02 Å². The summed E-state index contributed by atoms with van der Waals surface area (Å²) in [5.41, 5.74) is 8.42. The minimum absolute atomic E-state index is 0.0284. The van der Waals surface area contributed by atoms with Gasteiger partial charge in [-0.25, -0.2) is 18.2 Å². The molecule has 3 aliphatic rings. The molecule has 3 unspecified atom stereocenters. The Hall–Kier alpha value is -3.72. The predicted octanol–water partition coefficient (Wildman–Crippen LogP) is 12.6. The molecule has 1 fully saturated rings. The molecular formula is C44H58ClF3N4O2. The zero-order chi connectivity index (χ0) is 39.4. The molecular weight excluding hydrogens is 709 g/mol. The molecule has 1 aliphatic carbocycles. The molecule has 6 rings (SSSR count). The maximum atomic E-state index is 16.2. The van der Waals surface area contributed by atoms with Gasteiger partial charge in [0.1, 0.15) is 29.6 Å². The van der Waals surface area contributed by atoms with Gasteiger partial charge in [0.05, 0.1) is 17.3 Å². The highest BCUT2D eigenvalue weighted by atomic mass is 35.5. The number of aldehydes is 1. The lowest BCUT2D eigenvalue weighted by atomic mass is 9.91. The first kappa shape index (κ1) is 43.0. The van der Waals surface area contributed by atoms with Gasteiger partial charge in [0, 0.05) is 65.6 Å². The fourth-order valence-corrected chi connectivity index (χ4v) is 6.87. The van der Waals surface area contributed by atoms with E-state index < -0.39 is 24.2 Å². The van der Waals surface area contributed by atoms with Crippen molar-refractivity contribution in [2.75, 3.05) is 13.2 Å². The number of fused-ring (bicyclic) bond motifs is 2. The van der Waals surface area contributed by atoms with Crippen molar-refractivity contribution in [3.63, 3.8) is 0 Å². The third kappa shape index (κ3) is 10.7. The molecule has 1 aromatic carbocycles. The van der Waals surface area contributed by atoms with E-state index in [-0.39, 0.29) is 10.9 Å². The number of benzene rings is 1. The summed E-state index contributed by atoms with van der Waals surface area (Å²) in [7, 11) is 0. The number of hydrogen-bond donors (Lipinski definition) is 1. The van der Waals surface area contributed by atoms with Crippen LogP contribution in [0.3, 0.4) is 0 Å². The number of ether oxygens (including phenoxy) is 1. The van der Waals surface area contributed by atoms with Crippen LogP contribution in [0.25, 0.3) is 17.0 Å². The molecule has 54 heavy (non-hydrogen) atoms. The number of unbranched alkanes of at least 4 members (excludes halogenated alkanes) is 2. The summed E-state index contributed by atoms with van der Waals surface area (Å²) in [6.07, 6.45) is 9.89. The Balaban J connectivity index is 0.000000740. The van der Waals surface area contributed by atoms with Crippen molar-refractivity contribution in [2.24, 2.45) is 10.9 Å². The van der Waals surface area contributed by atoms with Gasteiger partial charge in [0.25, 0.3) is 6.43 Å². The van der Waals surface area contributed by atoms with E-state index in [0.29, 0.717) is 61.0 Å². The third-order valence-electron chi connectivity index (χ3n) is 9.97. The summed E-state index contributed by atoms with van der Waals surface area (Å²) in [6.45, 7) is 15.2. The number of aryl methyl sites for hydroxylation is 1. The number of alkyl halides is 3. The largest absolute Gasteiger partial charge is 0.490 e. The summed E-state index contributed by atoms with van der Waals surface area (Å²) in [4.78, 5) is 22.9. The van der Waals surface area contributed by atoms with Gasteiger partial charge in [-0.3, -0.25) is 9.98 Å². The number of hydrogen-bond acceptors (Lipinski definition) is 6. The van der Waals surface area contributed by atoms with Gasteiger partial charge in [-0.1, -0.05) is 84.9 Å². The fraction of sp³-hybridized carbons (Fsp3) is 0.545. The Morgan fingerprint density at radius 2 is 1.78 bits per heavy atom. The highest BCUT2D eigenvalue weighted by molar-refractivity contribution is 6.34. The molecule has 0 saturated heterocycles. The van der Waals surface area contributed by atoms with Crippen molar-refractivity contribution in [1.29, 1.82) is 0 Å². The van der Waals surface area contributed by atoms with Crippen molar-refractivity contribution in [3.05, 3.63) is 75.2 Å². The average Bonchev–Trinajstić information content (AvgIpc) is 3.82. The van der Waals surface area contributed by atoms with Crippen molar-refractivity contribution >= 4 is 35.0 Å². The SMILES string of the molecule is CCC/C=C(/NCC(c1cc2c(c(-c3ccnc(C(F)F)c3Cl)n1)OCC2C)C(F)CCC)c1cc(C)c2c(c1)CC(C1CC1)=N2.CCC=O.CCCC. The fourth-order valence-electron chi connectivity index (χ4n) is 6.59. The number of pyridine rings is 2. The van der Waals surface area contributed by atoms with Gasteiger partial charge in [-0.15, -0.1) is 0 Å². The van der Waals surface area contributed by atoms with E-state index in [0.717, 1.165) is 53.6 Å². The van der Waals surface area contributed by atoms with Gasteiger partial charge in [0.2, 0.25) is 0 Å². The number of carbonyl (C=O) groups excluding carboxylic acids is 1. The minimum Gasteiger partial charge on any atom is -0.490 e. The normalized spacial score (nSPS) is 16.9. The molecule has 4 heterocycles. The van der Waals surface area contributed by atoms with Crippen molar-refractivity contribution in [1.82, 2.24) is 15.3 Å². The standard InChI is InChI=1S/C37H42ClF3N4O.C4H10.C3H6O/c1-5-7-9-29(23-14-20(3)33-24(15-23)16-30(44-33)22-10-11-22)43-18-27(28(39)8-6-2)31-17-26-21(4)19-46-36(26)34(45-31)25-12-13-42-35(32(25)38)37(40)41;1-3-4-2;1-2-3-4/h9,12-15,17,21-22,27-28,37,43H,5-8,10-11,16,18-19H2,1-4H3;3-4H2,1-2H3;3H,2H2,1H3/b29-9+;;. The van der Waals surface area contributed by atoms with Crippen molar-refractivity contribution < 1.29 is 22.7 Å². The molecule has 0 radical (unpaired) electrons. The zero-order valence-corrected chi connectivity index (χ0v) is 33.8. The van der Waals surface area contributed by atoms with Gasteiger partial charge >= 0.3 is 0 Å². The van der Waals surface area contributed by atoms with E-state index in [4.69, 9.17) is 26.3 Å². The van der Waals surface area contributed by atoms with Crippen LogP contribution in [0.1, 0.15) is 151 Å². The molecule has 10 heteroatoms. The van der Waals surface area contributed by atoms with E-state index in [2.05, 4.69) is 56.2 Å². The molecule has 1 saturated carbocycles. The Labute approximate surface area is 325 Å². The van der Waals surface area contributed by atoms with Crippen LogP contribution in [0.5, 0.6) is 5.75 Å². The number of rotatable bonds is 15. The second kappa shape index (κ2) is 20.8. The molecule has 3 aromatic rings. The first-order chi connectivity index (χ1) is 26.0. The van der Waals surface area contributed by atoms with Crippen LogP contribution in [0.15, 0.2) is 41.5 Å². The van der Waals surface area contributed by atoms with Gasteiger partial charge in [-0.2, -0.15) is 0 Å². The molecule has 2 aliphatic heterocycles. The summed E-state index contributed by atoms with van der Waals surface area (Å²) in [6, 6.07) is 7.91. The summed E-state index contributed by atoms with van der Waals surface area (Å²) >= 11 is 6.48.